The summed E-state index contributed by atoms with van der Waals surface area (Å²) in [5.41, 5.74) is 2.94. The van der Waals surface area contributed by atoms with Crippen LogP contribution in [0, 0.1) is 23.8 Å². The first kappa shape index (κ1) is 25.5. The quantitative estimate of drug-likeness (QED) is 0.280. The van der Waals surface area contributed by atoms with Gasteiger partial charge in [0.2, 0.25) is 5.69 Å². The highest BCUT2D eigenvalue weighted by molar-refractivity contribution is 5.97. The highest BCUT2D eigenvalue weighted by Crippen LogP contribution is 2.31. The minimum absolute atomic E-state index is 0.0794. The highest BCUT2D eigenvalue weighted by atomic mass is 16.5. The van der Waals surface area contributed by atoms with Crippen LogP contribution >= 0.6 is 0 Å². The number of hydrogen-bond acceptors (Lipinski definition) is 5. The molecule has 0 aromatic heterocycles. The van der Waals surface area contributed by atoms with Crippen LogP contribution in [0.25, 0.3) is 4.85 Å². The maximum atomic E-state index is 12.9. The van der Waals surface area contributed by atoms with Crippen molar-refractivity contribution < 1.29 is 19.4 Å². The third-order valence-corrected chi connectivity index (χ3v) is 5.42. The number of rotatable bonds is 11. The lowest BCUT2D eigenvalue weighted by atomic mass is 9.92. The van der Waals surface area contributed by atoms with E-state index in [-0.39, 0.29) is 36.5 Å². The molecule has 0 saturated carbocycles. The summed E-state index contributed by atoms with van der Waals surface area (Å²) in [5, 5.41) is 19.5. The third-order valence-electron chi connectivity index (χ3n) is 5.42. The van der Waals surface area contributed by atoms with E-state index in [0.717, 1.165) is 11.1 Å². The van der Waals surface area contributed by atoms with Gasteiger partial charge in [-0.05, 0) is 61.6 Å². The normalized spacial score (nSPS) is 11.4. The van der Waals surface area contributed by atoms with Gasteiger partial charge >= 0.3 is 0 Å². The molecule has 0 radical (unpaired) electrons. The van der Waals surface area contributed by atoms with Crippen LogP contribution in [-0.4, -0.2) is 23.6 Å². The Morgan fingerprint density at radius 3 is 2.46 bits per heavy atom. The molecule has 6 heteroatoms. The number of carbonyl (C=O) groups is 1. The molecule has 0 saturated heterocycles. The lowest BCUT2D eigenvalue weighted by molar-refractivity contribution is 0.0936. The average molecular weight is 469 g/mol. The van der Waals surface area contributed by atoms with Crippen LogP contribution in [0.1, 0.15) is 47.3 Å². The van der Waals surface area contributed by atoms with Crippen molar-refractivity contribution in [3.8, 4) is 17.6 Å². The fraction of sp³-hybridized carbons (Fsp3) is 0.276. The van der Waals surface area contributed by atoms with Crippen LogP contribution < -0.4 is 9.47 Å². The number of ether oxygens (including phenoxy) is 2. The number of nitriles is 1. The summed E-state index contributed by atoms with van der Waals surface area (Å²) in [4.78, 5) is 16.4. The van der Waals surface area contributed by atoms with E-state index >= 15 is 0 Å². The Morgan fingerprint density at radius 2 is 1.80 bits per heavy atom. The second-order valence-electron chi connectivity index (χ2n) is 8.56. The Kier molecular flexibility index (Phi) is 9.01. The number of aliphatic hydroxyl groups excluding tert-OH is 1. The number of hydrogen-bond donors (Lipinski definition) is 1. The standard InChI is InChI=1S/C29H28N2O4/c1-20(2)35-29-12-10-24(16-26(29)31-3)27(33)15-23(18-32)13-22-9-11-28(25(14-22)17-30)34-19-21-7-5-4-6-8-21/h4-12,14,16,20,23,32H,13,15,18-19H2,1-2H3. The maximum absolute atomic E-state index is 12.9. The molecule has 0 amide bonds. The van der Waals surface area contributed by atoms with E-state index in [0.29, 0.717) is 35.7 Å². The topological polar surface area (TPSA) is 83.9 Å². The van der Waals surface area contributed by atoms with Gasteiger partial charge in [0.25, 0.3) is 0 Å². The molecule has 0 aliphatic rings. The van der Waals surface area contributed by atoms with Crippen LogP contribution in [0.3, 0.4) is 0 Å². The molecular formula is C29H28N2O4. The van der Waals surface area contributed by atoms with Crippen molar-refractivity contribution in [1.29, 1.82) is 5.26 Å². The van der Waals surface area contributed by atoms with Gasteiger partial charge in [-0.25, -0.2) is 4.85 Å². The molecule has 0 heterocycles. The molecule has 178 valence electrons. The van der Waals surface area contributed by atoms with Gasteiger partial charge in [-0.2, -0.15) is 5.26 Å². The van der Waals surface area contributed by atoms with Crippen molar-refractivity contribution in [3.05, 3.63) is 100 Å². The Hall–Kier alpha value is -4.13. The molecule has 0 spiro atoms. The van der Waals surface area contributed by atoms with E-state index in [1.165, 1.54) is 6.07 Å². The zero-order valence-corrected chi connectivity index (χ0v) is 19.9. The van der Waals surface area contributed by atoms with Gasteiger partial charge in [0.1, 0.15) is 24.2 Å². The first-order chi connectivity index (χ1) is 16.9. The van der Waals surface area contributed by atoms with E-state index in [9.17, 15) is 15.2 Å². The van der Waals surface area contributed by atoms with Crippen molar-refractivity contribution >= 4 is 11.5 Å². The maximum Gasteiger partial charge on any atom is 0.228 e. The zero-order chi connectivity index (χ0) is 25.2. The minimum atomic E-state index is -0.326. The molecule has 0 aliphatic heterocycles. The molecule has 1 atom stereocenters. The Morgan fingerprint density at radius 1 is 1.06 bits per heavy atom. The molecule has 3 aromatic rings. The number of aliphatic hydroxyl groups is 1. The SMILES string of the molecule is [C-]#[N+]c1cc(C(=O)CC(CO)Cc2ccc(OCc3ccccc3)c(C#N)c2)ccc1OC(C)C. The van der Waals surface area contributed by atoms with Crippen LogP contribution in [0.5, 0.6) is 11.5 Å². The number of Topliss-reactive ketones (excluding diaryl/α,β-unsaturated/α-hetero) is 1. The Balaban J connectivity index is 1.67. The summed E-state index contributed by atoms with van der Waals surface area (Å²) in [6.45, 7) is 11.3. The fourth-order valence-corrected chi connectivity index (χ4v) is 3.70. The molecule has 0 bridgehead atoms. The van der Waals surface area contributed by atoms with Crippen molar-refractivity contribution in [1.82, 2.24) is 0 Å². The molecule has 3 rings (SSSR count). The van der Waals surface area contributed by atoms with Crippen molar-refractivity contribution in [2.45, 2.75) is 39.4 Å². The molecular weight excluding hydrogens is 440 g/mol. The third kappa shape index (κ3) is 7.17. The first-order valence-electron chi connectivity index (χ1n) is 11.5. The Bertz CT molecular complexity index is 1240. The van der Waals surface area contributed by atoms with Gasteiger partial charge in [-0.3, -0.25) is 4.79 Å². The fourth-order valence-electron chi connectivity index (χ4n) is 3.70. The number of ketones is 1. The van der Waals surface area contributed by atoms with Gasteiger partial charge in [-0.15, -0.1) is 0 Å². The van der Waals surface area contributed by atoms with Gasteiger partial charge in [0.15, 0.2) is 5.78 Å². The van der Waals surface area contributed by atoms with Crippen LogP contribution in [0.4, 0.5) is 5.69 Å². The summed E-state index contributed by atoms with van der Waals surface area (Å²) >= 11 is 0. The summed E-state index contributed by atoms with van der Waals surface area (Å²) in [5.74, 6) is 0.456. The largest absolute Gasteiger partial charge is 0.502 e. The number of nitrogens with zero attached hydrogens (tertiary/aromatic N) is 2. The van der Waals surface area contributed by atoms with Gasteiger partial charge in [0.05, 0.1) is 18.2 Å². The van der Waals surface area contributed by atoms with E-state index in [2.05, 4.69) is 10.9 Å². The zero-order valence-electron chi connectivity index (χ0n) is 19.9. The molecule has 1 unspecified atom stereocenters. The summed E-state index contributed by atoms with van der Waals surface area (Å²) < 4.78 is 11.4. The van der Waals surface area contributed by atoms with Crippen LogP contribution in [0.15, 0.2) is 66.7 Å². The molecule has 1 N–H and O–H groups in total. The average Bonchev–Trinajstić information content (AvgIpc) is 2.87. The second-order valence-corrected chi connectivity index (χ2v) is 8.56. The number of benzene rings is 3. The summed E-state index contributed by atoms with van der Waals surface area (Å²) in [6.07, 6.45) is 0.469. The van der Waals surface area contributed by atoms with E-state index in [4.69, 9.17) is 16.0 Å². The van der Waals surface area contributed by atoms with E-state index in [1.807, 2.05) is 50.2 Å². The van der Waals surface area contributed by atoms with Crippen LogP contribution in [-0.2, 0) is 13.0 Å². The van der Waals surface area contributed by atoms with Crippen molar-refractivity contribution in [2.75, 3.05) is 6.61 Å². The molecule has 35 heavy (non-hydrogen) atoms. The van der Waals surface area contributed by atoms with Gasteiger partial charge in [-0.1, -0.05) is 42.5 Å². The molecule has 0 aliphatic carbocycles. The number of carbonyl (C=O) groups excluding carboxylic acids is 1. The molecule has 6 nitrogen and oxygen atoms in total. The van der Waals surface area contributed by atoms with Gasteiger partial charge < -0.3 is 14.6 Å². The van der Waals surface area contributed by atoms with Gasteiger partial charge in [0, 0.05) is 18.6 Å². The highest BCUT2D eigenvalue weighted by Gasteiger charge is 2.18. The van der Waals surface area contributed by atoms with Crippen LogP contribution in [0.2, 0.25) is 0 Å². The molecule has 3 aromatic carbocycles. The summed E-state index contributed by atoms with van der Waals surface area (Å²) in [6, 6.07) is 22.0. The van der Waals surface area contributed by atoms with Crippen molar-refractivity contribution in [2.24, 2.45) is 5.92 Å². The first-order valence-corrected chi connectivity index (χ1v) is 11.5. The smallest absolute Gasteiger partial charge is 0.228 e. The van der Waals surface area contributed by atoms with E-state index in [1.54, 1.807) is 24.3 Å². The summed E-state index contributed by atoms with van der Waals surface area (Å²) in [7, 11) is 0. The second kappa shape index (κ2) is 12.4. The minimum Gasteiger partial charge on any atom is -0.502 e. The van der Waals surface area contributed by atoms with Crippen molar-refractivity contribution in [3.63, 3.8) is 0 Å². The predicted molar refractivity (Wildman–Crippen MR) is 134 cm³/mol. The molecule has 0 fully saturated rings. The lowest BCUT2D eigenvalue weighted by Crippen LogP contribution is -2.15. The lowest BCUT2D eigenvalue weighted by Gasteiger charge is -2.16. The Labute approximate surface area is 206 Å². The van der Waals surface area contributed by atoms with E-state index < -0.39 is 0 Å². The monoisotopic (exact) mass is 468 g/mol. The predicted octanol–water partition coefficient (Wildman–Crippen LogP) is 5.90.